The molecule has 0 unspecified atom stereocenters. The van der Waals surface area contributed by atoms with E-state index >= 15 is 0 Å². The summed E-state index contributed by atoms with van der Waals surface area (Å²) in [5.41, 5.74) is 12.6. The van der Waals surface area contributed by atoms with Crippen LogP contribution in [0.15, 0.2) is 36.9 Å². The number of aromatic amines is 1. The first kappa shape index (κ1) is 12.5. The fourth-order valence-electron chi connectivity index (χ4n) is 2.51. The van der Waals surface area contributed by atoms with Crippen LogP contribution in [0, 0.1) is 5.41 Å². The Morgan fingerprint density at radius 2 is 2.20 bits per heavy atom. The number of fused-ring (bicyclic) bond motifs is 1. The lowest BCUT2D eigenvalue weighted by molar-refractivity contribution is 0.943. The molecule has 1 aromatic heterocycles. The molecule has 2 aromatic rings. The number of aryl methyl sites for hydroxylation is 1. The zero-order chi connectivity index (χ0) is 14.1. The molecule has 4 N–H and O–H groups in total. The molecule has 1 aliphatic carbocycles. The summed E-state index contributed by atoms with van der Waals surface area (Å²) in [6, 6.07) is 7.80. The summed E-state index contributed by atoms with van der Waals surface area (Å²) in [5, 5.41) is 7.38. The van der Waals surface area contributed by atoms with Crippen molar-refractivity contribution in [2.45, 2.75) is 12.8 Å². The Morgan fingerprint density at radius 1 is 1.35 bits per heavy atom. The number of benzene rings is 1. The molecule has 0 spiro atoms. The number of anilines is 1. The number of nitrogens with one attached hydrogen (secondary N) is 2. The van der Waals surface area contributed by atoms with E-state index in [1.54, 1.807) is 0 Å². The van der Waals surface area contributed by atoms with Crippen LogP contribution in [0.5, 0.6) is 0 Å². The van der Waals surface area contributed by atoms with E-state index < -0.39 is 0 Å². The molecular weight excluding hydrogens is 246 g/mol. The topological polar surface area (TPSA) is 65.7 Å². The number of hydrogen-bond acceptors (Lipinski definition) is 2. The maximum Gasteiger partial charge on any atom is 0.0462 e. The second-order valence-corrected chi connectivity index (χ2v) is 5.02. The first-order valence-electron chi connectivity index (χ1n) is 6.67. The van der Waals surface area contributed by atoms with Crippen LogP contribution >= 0.6 is 0 Å². The molecule has 0 fully saturated rings. The van der Waals surface area contributed by atoms with Crippen molar-refractivity contribution in [1.82, 2.24) is 4.98 Å². The SMILES string of the molecule is C=C(c1ccc(N)c(C=N)c1)c1cc2c([nH]1)CCC=C2. The molecule has 0 atom stereocenters. The summed E-state index contributed by atoms with van der Waals surface area (Å²) in [6.07, 6.45) is 7.75. The monoisotopic (exact) mass is 263 g/mol. The molecule has 1 aromatic carbocycles. The van der Waals surface area contributed by atoms with Gasteiger partial charge in [0.15, 0.2) is 0 Å². The van der Waals surface area contributed by atoms with Gasteiger partial charge < -0.3 is 16.1 Å². The quantitative estimate of drug-likeness (QED) is 0.574. The van der Waals surface area contributed by atoms with Crippen molar-refractivity contribution in [3.8, 4) is 0 Å². The van der Waals surface area contributed by atoms with Crippen molar-refractivity contribution < 1.29 is 0 Å². The fourth-order valence-corrected chi connectivity index (χ4v) is 2.51. The van der Waals surface area contributed by atoms with E-state index in [4.69, 9.17) is 11.1 Å². The van der Waals surface area contributed by atoms with Gasteiger partial charge in [-0.1, -0.05) is 24.8 Å². The van der Waals surface area contributed by atoms with Crippen molar-refractivity contribution in [3.05, 3.63) is 65.0 Å². The average molecular weight is 263 g/mol. The van der Waals surface area contributed by atoms with E-state index in [1.165, 1.54) is 17.5 Å². The third kappa shape index (κ3) is 2.07. The van der Waals surface area contributed by atoms with E-state index in [0.29, 0.717) is 5.69 Å². The smallest absolute Gasteiger partial charge is 0.0462 e. The van der Waals surface area contributed by atoms with E-state index in [1.807, 2.05) is 18.2 Å². The minimum absolute atomic E-state index is 0.616. The molecule has 3 heteroatoms. The van der Waals surface area contributed by atoms with Crippen molar-refractivity contribution in [1.29, 1.82) is 5.41 Å². The highest BCUT2D eigenvalue weighted by Crippen LogP contribution is 2.28. The van der Waals surface area contributed by atoms with Crippen molar-refractivity contribution in [2.75, 3.05) is 5.73 Å². The Bertz CT molecular complexity index is 720. The highest BCUT2D eigenvalue weighted by Gasteiger charge is 2.12. The van der Waals surface area contributed by atoms with Gasteiger partial charge in [-0.3, -0.25) is 0 Å². The van der Waals surface area contributed by atoms with Gasteiger partial charge in [0.1, 0.15) is 0 Å². The van der Waals surface area contributed by atoms with Gasteiger partial charge in [0.05, 0.1) is 0 Å². The van der Waals surface area contributed by atoms with Crippen molar-refractivity contribution in [3.63, 3.8) is 0 Å². The molecule has 1 heterocycles. The molecule has 3 nitrogen and oxygen atoms in total. The molecule has 100 valence electrons. The maximum atomic E-state index is 7.38. The Hall–Kier alpha value is -2.55. The number of nitrogen functional groups attached to an aromatic ring is 1. The normalized spacial score (nSPS) is 13.0. The lowest BCUT2D eigenvalue weighted by atomic mass is 10.0. The number of H-pyrrole nitrogens is 1. The Labute approximate surface area is 118 Å². The standard InChI is InChI=1S/C17H17N3/c1-11(12-6-7-15(19)14(8-12)10-18)17-9-13-4-2-3-5-16(13)20-17/h2,4,6-10,18,20H,1,3,5,19H2. The molecule has 0 bridgehead atoms. The maximum absolute atomic E-state index is 7.38. The van der Waals surface area contributed by atoms with Gasteiger partial charge in [0, 0.05) is 28.9 Å². The van der Waals surface area contributed by atoms with Gasteiger partial charge in [-0.25, -0.2) is 0 Å². The van der Waals surface area contributed by atoms with Gasteiger partial charge in [-0.2, -0.15) is 0 Å². The number of hydrogen-bond donors (Lipinski definition) is 3. The van der Waals surface area contributed by atoms with Gasteiger partial charge in [0.25, 0.3) is 0 Å². The first-order valence-corrected chi connectivity index (χ1v) is 6.67. The lowest BCUT2D eigenvalue weighted by Gasteiger charge is -2.07. The first-order chi connectivity index (χ1) is 9.69. The molecule has 0 aliphatic heterocycles. The van der Waals surface area contributed by atoms with Gasteiger partial charge in [-0.05, 0) is 47.7 Å². The van der Waals surface area contributed by atoms with Crippen molar-refractivity contribution >= 4 is 23.6 Å². The second-order valence-electron chi connectivity index (χ2n) is 5.02. The predicted octanol–water partition coefficient (Wildman–Crippen LogP) is 3.62. The fraction of sp³-hybridized carbons (Fsp3) is 0.118. The zero-order valence-corrected chi connectivity index (χ0v) is 11.2. The third-order valence-electron chi connectivity index (χ3n) is 3.71. The lowest BCUT2D eigenvalue weighted by Crippen LogP contribution is -1.95. The molecule has 0 radical (unpaired) electrons. The number of allylic oxidation sites excluding steroid dienone is 1. The molecule has 0 saturated heterocycles. The highest BCUT2D eigenvalue weighted by atomic mass is 14.7. The number of nitrogens with two attached hydrogens (primary N) is 1. The predicted molar refractivity (Wildman–Crippen MR) is 85.0 cm³/mol. The second kappa shape index (κ2) is 4.85. The van der Waals surface area contributed by atoms with E-state index in [9.17, 15) is 0 Å². The summed E-state index contributed by atoms with van der Waals surface area (Å²) in [5.74, 6) is 0. The van der Waals surface area contributed by atoms with Gasteiger partial charge >= 0.3 is 0 Å². The third-order valence-corrected chi connectivity index (χ3v) is 3.71. The summed E-state index contributed by atoms with van der Waals surface area (Å²) in [4.78, 5) is 3.44. The van der Waals surface area contributed by atoms with Crippen LogP contribution in [-0.2, 0) is 6.42 Å². The van der Waals surface area contributed by atoms with Crippen LogP contribution in [0.1, 0.15) is 34.5 Å². The average Bonchev–Trinajstić information content (AvgIpc) is 2.91. The Balaban J connectivity index is 1.98. The summed E-state index contributed by atoms with van der Waals surface area (Å²) in [6.45, 7) is 4.17. The number of aromatic nitrogens is 1. The summed E-state index contributed by atoms with van der Waals surface area (Å²) < 4.78 is 0. The van der Waals surface area contributed by atoms with E-state index in [-0.39, 0.29) is 0 Å². The van der Waals surface area contributed by atoms with Gasteiger partial charge in [-0.15, -0.1) is 0 Å². The van der Waals surface area contributed by atoms with Crippen LogP contribution < -0.4 is 5.73 Å². The van der Waals surface area contributed by atoms with Crippen LogP contribution in [0.25, 0.3) is 11.6 Å². The van der Waals surface area contributed by atoms with Crippen LogP contribution in [0.2, 0.25) is 0 Å². The molecule has 0 amide bonds. The highest BCUT2D eigenvalue weighted by molar-refractivity contribution is 5.88. The molecule has 3 rings (SSSR count). The Kier molecular flexibility index (Phi) is 3.03. The molecular formula is C17H17N3. The summed E-state index contributed by atoms with van der Waals surface area (Å²) in [7, 11) is 0. The minimum atomic E-state index is 0.616. The van der Waals surface area contributed by atoms with Crippen LogP contribution in [0.4, 0.5) is 5.69 Å². The van der Waals surface area contributed by atoms with Crippen molar-refractivity contribution in [2.24, 2.45) is 0 Å². The van der Waals surface area contributed by atoms with E-state index in [2.05, 4.69) is 29.8 Å². The Morgan fingerprint density at radius 3 is 2.95 bits per heavy atom. The minimum Gasteiger partial charge on any atom is -0.398 e. The van der Waals surface area contributed by atoms with Gasteiger partial charge in [0.2, 0.25) is 0 Å². The van der Waals surface area contributed by atoms with E-state index in [0.717, 1.165) is 35.2 Å². The van der Waals surface area contributed by atoms with Crippen LogP contribution in [-0.4, -0.2) is 11.2 Å². The largest absolute Gasteiger partial charge is 0.398 e. The summed E-state index contributed by atoms with van der Waals surface area (Å²) >= 11 is 0. The molecule has 20 heavy (non-hydrogen) atoms. The molecule has 0 saturated carbocycles. The molecule has 1 aliphatic rings. The van der Waals surface area contributed by atoms with Crippen LogP contribution in [0.3, 0.4) is 0 Å². The number of rotatable bonds is 3. The zero-order valence-electron chi connectivity index (χ0n) is 11.2.